The average molecular weight is 169 g/mol. The van der Waals surface area contributed by atoms with E-state index in [-0.39, 0.29) is 5.91 Å². The van der Waals surface area contributed by atoms with E-state index in [1.807, 2.05) is 0 Å². The molecule has 0 aromatic carbocycles. The van der Waals surface area contributed by atoms with Gasteiger partial charge in [-0.3, -0.25) is 4.79 Å². The molecule has 0 heterocycles. The summed E-state index contributed by atoms with van der Waals surface area (Å²) in [5, 5.41) is 0. The van der Waals surface area contributed by atoms with Crippen LogP contribution in [0.3, 0.4) is 0 Å². The number of unbranched alkanes of at least 4 members (excludes halogenated alkanes) is 1. The predicted molar refractivity (Wildman–Crippen MR) is 51.7 cm³/mol. The van der Waals surface area contributed by atoms with Crippen molar-refractivity contribution in [2.24, 2.45) is 0 Å². The van der Waals surface area contributed by atoms with Crippen molar-refractivity contribution < 1.29 is 4.79 Å². The summed E-state index contributed by atoms with van der Waals surface area (Å²) in [6.45, 7) is 8.56. The molecule has 1 amide bonds. The van der Waals surface area contributed by atoms with Crippen molar-refractivity contribution in [2.75, 3.05) is 6.54 Å². The van der Waals surface area contributed by atoms with Gasteiger partial charge in [0.1, 0.15) is 0 Å². The summed E-state index contributed by atoms with van der Waals surface area (Å²) in [5.74, 6) is 0.203. The Hall–Kier alpha value is -0.790. The van der Waals surface area contributed by atoms with Crippen LogP contribution in [0, 0.1) is 0 Å². The fourth-order valence-corrected chi connectivity index (χ4v) is 1.03. The molecule has 0 unspecified atom stereocenters. The highest BCUT2D eigenvalue weighted by atomic mass is 16.2. The molecule has 0 fully saturated rings. The molecule has 0 aromatic heterocycles. The highest BCUT2D eigenvalue weighted by molar-refractivity contribution is 5.77. The lowest BCUT2D eigenvalue weighted by atomic mass is 10.2. The van der Waals surface area contributed by atoms with E-state index in [1.54, 1.807) is 11.1 Å². The van der Waals surface area contributed by atoms with E-state index in [2.05, 4.69) is 20.4 Å². The lowest BCUT2D eigenvalue weighted by Crippen LogP contribution is -2.25. The molecule has 0 saturated carbocycles. The first kappa shape index (κ1) is 11.2. The summed E-state index contributed by atoms with van der Waals surface area (Å²) >= 11 is 0. The summed E-state index contributed by atoms with van der Waals surface area (Å²) in [5.41, 5.74) is 0. The Kier molecular flexibility index (Phi) is 6.44. The number of carbonyl (C=O) groups excluding carboxylic acids is 1. The highest BCUT2D eigenvalue weighted by Crippen LogP contribution is 2.01. The summed E-state index contributed by atoms with van der Waals surface area (Å²) in [6, 6.07) is 0. The van der Waals surface area contributed by atoms with Crippen LogP contribution in [0.15, 0.2) is 12.8 Å². The van der Waals surface area contributed by atoms with Crippen molar-refractivity contribution in [3.63, 3.8) is 0 Å². The van der Waals surface area contributed by atoms with Crippen LogP contribution in [-0.4, -0.2) is 17.4 Å². The molecule has 0 saturated heterocycles. The normalized spacial score (nSPS) is 9.50. The van der Waals surface area contributed by atoms with Gasteiger partial charge in [0.15, 0.2) is 0 Å². The molecule has 12 heavy (non-hydrogen) atoms. The maximum absolute atomic E-state index is 11.4. The fourth-order valence-electron chi connectivity index (χ4n) is 1.03. The van der Waals surface area contributed by atoms with Gasteiger partial charge in [0.2, 0.25) is 5.91 Å². The maximum Gasteiger partial charge on any atom is 0.226 e. The Balaban J connectivity index is 3.77. The maximum atomic E-state index is 11.4. The average Bonchev–Trinajstić information content (AvgIpc) is 2.10. The van der Waals surface area contributed by atoms with Crippen molar-refractivity contribution in [1.82, 2.24) is 4.90 Å². The minimum atomic E-state index is 0.203. The van der Waals surface area contributed by atoms with Crippen LogP contribution in [0.2, 0.25) is 0 Å². The number of nitrogens with zero attached hydrogens (tertiary/aromatic N) is 1. The lowest BCUT2D eigenvalue weighted by Gasteiger charge is -2.16. The zero-order chi connectivity index (χ0) is 9.40. The first-order valence-corrected chi connectivity index (χ1v) is 4.68. The molecule has 2 nitrogen and oxygen atoms in total. The Bertz CT molecular complexity index is 143. The van der Waals surface area contributed by atoms with Gasteiger partial charge in [-0.1, -0.05) is 26.8 Å². The van der Waals surface area contributed by atoms with E-state index in [9.17, 15) is 4.79 Å². The molecule has 0 aliphatic rings. The topological polar surface area (TPSA) is 20.3 Å². The van der Waals surface area contributed by atoms with Gasteiger partial charge in [0.25, 0.3) is 0 Å². The van der Waals surface area contributed by atoms with Gasteiger partial charge < -0.3 is 4.90 Å². The molecule has 2 heteroatoms. The second-order valence-corrected chi connectivity index (χ2v) is 2.87. The molecule has 0 radical (unpaired) electrons. The molecule has 0 aliphatic carbocycles. The molecule has 0 spiro atoms. The van der Waals surface area contributed by atoms with Gasteiger partial charge in [-0.05, 0) is 19.0 Å². The zero-order valence-electron chi connectivity index (χ0n) is 8.18. The van der Waals surface area contributed by atoms with Crippen molar-refractivity contribution in [1.29, 1.82) is 0 Å². The molecule has 70 valence electrons. The number of rotatable bonds is 6. The summed E-state index contributed by atoms with van der Waals surface area (Å²) in [7, 11) is 0. The quantitative estimate of drug-likeness (QED) is 0.598. The lowest BCUT2D eigenvalue weighted by molar-refractivity contribution is -0.128. The molecule has 0 N–H and O–H groups in total. The van der Waals surface area contributed by atoms with E-state index in [4.69, 9.17) is 0 Å². The Morgan fingerprint density at radius 1 is 1.42 bits per heavy atom. The number of carbonyl (C=O) groups is 1. The van der Waals surface area contributed by atoms with Gasteiger partial charge in [0, 0.05) is 13.0 Å². The first-order valence-electron chi connectivity index (χ1n) is 4.68. The molecule has 0 aliphatic heterocycles. The molecule has 0 atom stereocenters. The third kappa shape index (κ3) is 4.16. The van der Waals surface area contributed by atoms with Crippen LogP contribution < -0.4 is 0 Å². The monoisotopic (exact) mass is 169 g/mol. The van der Waals surface area contributed by atoms with Crippen LogP contribution in [0.25, 0.3) is 0 Å². The van der Waals surface area contributed by atoms with Crippen LogP contribution in [-0.2, 0) is 4.79 Å². The largest absolute Gasteiger partial charge is 0.320 e. The van der Waals surface area contributed by atoms with E-state index < -0.39 is 0 Å². The minimum absolute atomic E-state index is 0.203. The number of amides is 1. The van der Waals surface area contributed by atoms with Gasteiger partial charge in [-0.2, -0.15) is 0 Å². The summed E-state index contributed by atoms with van der Waals surface area (Å²) in [4.78, 5) is 13.1. The van der Waals surface area contributed by atoms with Crippen LogP contribution in [0.4, 0.5) is 0 Å². The Labute approximate surface area is 75.3 Å². The van der Waals surface area contributed by atoms with Gasteiger partial charge in [-0.25, -0.2) is 0 Å². The Morgan fingerprint density at radius 2 is 2.08 bits per heavy atom. The van der Waals surface area contributed by atoms with Crippen LogP contribution >= 0.6 is 0 Å². The number of hydrogen-bond acceptors (Lipinski definition) is 1. The van der Waals surface area contributed by atoms with Gasteiger partial charge in [0.05, 0.1) is 0 Å². The molecule has 0 bridgehead atoms. The molecule has 0 rings (SSSR count). The molecular formula is C10H19NO. The van der Waals surface area contributed by atoms with Crippen LogP contribution in [0.1, 0.15) is 39.5 Å². The van der Waals surface area contributed by atoms with Crippen LogP contribution in [0.5, 0.6) is 0 Å². The van der Waals surface area contributed by atoms with E-state index in [0.717, 1.165) is 25.8 Å². The zero-order valence-corrected chi connectivity index (χ0v) is 8.18. The predicted octanol–water partition coefficient (Wildman–Crippen LogP) is 2.56. The van der Waals surface area contributed by atoms with Crippen molar-refractivity contribution in [3.05, 3.63) is 12.8 Å². The third-order valence-electron chi connectivity index (χ3n) is 1.75. The standard InChI is InChI=1S/C10H19NO/c1-4-7-8-10(12)11(6-3)9-5-2/h6H,3-5,7-9H2,1-2H3. The summed E-state index contributed by atoms with van der Waals surface area (Å²) < 4.78 is 0. The second kappa shape index (κ2) is 6.89. The highest BCUT2D eigenvalue weighted by Gasteiger charge is 2.07. The van der Waals surface area contributed by atoms with Crippen molar-refractivity contribution in [3.8, 4) is 0 Å². The van der Waals surface area contributed by atoms with Crippen molar-refractivity contribution >= 4 is 5.91 Å². The van der Waals surface area contributed by atoms with E-state index in [0.29, 0.717) is 6.42 Å². The third-order valence-corrected chi connectivity index (χ3v) is 1.75. The molecular weight excluding hydrogens is 150 g/mol. The smallest absolute Gasteiger partial charge is 0.226 e. The first-order chi connectivity index (χ1) is 5.76. The summed E-state index contributed by atoms with van der Waals surface area (Å²) in [6.07, 6.45) is 5.32. The van der Waals surface area contributed by atoms with Gasteiger partial charge >= 0.3 is 0 Å². The van der Waals surface area contributed by atoms with Gasteiger partial charge in [-0.15, -0.1) is 0 Å². The Morgan fingerprint density at radius 3 is 2.50 bits per heavy atom. The number of hydrogen-bond donors (Lipinski definition) is 0. The van der Waals surface area contributed by atoms with E-state index in [1.165, 1.54) is 0 Å². The van der Waals surface area contributed by atoms with Crippen molar-refractivity contribution in [2.45, 2.75) is 39.5 Å². The SMILES string of the molecule is C=CN(CCC)C(=O)CCCC. The minimum Gasteiger partial charge on any atom is -0.320 e. The van der Waals surface area contributed by atoms with E-state index >= 15 is 0 Å². The molecule has 0 aromatic rings. The second-order valence-electron chi connectivity index (χ2n) is 2.87. The fraction of sp³-hybridized carbons (Fsp3) is 0.700.